The van der Waals surface area contributed by atoms with Crippen molar-refractivity contribution in [2.24, 2.45) is 0 Å². The van der Waals surface area contributed by atoms with E-state index in [1.54, 1.807) is 17.1 Å². The van der Waals surface area contributed by atoms with Crippen molar-refractivity contribution in [3.05, 3.63) is 130 Å². The molecule has 6 heteroatoms. The van der Waals surface area contributed by atoms with Gasteiger partial charge in [0.15, 0.2) is 0 Å². The first-order valence-electron chi connectivity index (χ1n) is 11.1. The summed E-state index contributed by atoms with van der Waals surface area (Å²) in [5.41, 5.74) is 5.74. The minimum atomic E-state index is -0.625. The second kappa shape index (κ2) is 7.46. The Labute approximate surface area is 197 Å². The van der Waals surface area contributed by atoms with Gasteiger partial charge in [-0.05, 0) is 39.9 Å². The predicted octanol–water partition coefficient (Wildman–Crippen LogP) is 6.17. The van der Waals surface area contributed by atoms with Gasteiger partial charge in [0.05, 0.1) is 16.7 Å². The molecule has 2 aliphatic rings. The first kappa shape index (κ1) is 20.0. The van der Waals surface area contributed by atoms with Crippen LogP contribution in [0.2, 0.25) is 0 Å². The Kier molecular flexibility index (Phi) is 4.39. The Bertz CT molecular complexity index is 1400. The van der Waals surface area contributed by atoms with E-state index >= 15 is 0 Å². The highest BCUT2D eigenvalue weighted by Gasteiger charge is 2.57. The maximum atomic E-state index is 11.3. The van der Waals surface area contributed by atoms with Gasteiger partial charge in [-0.2, -0.15) is 5.26 Å². The maximum Gasteiger partial charge on any atom is 0.269 e. The molecule has 0 N–H and O–H groups in total. The topological polar surface area (TPSA) is 73.4 Å². The van der Waals surface area contributed by atoms with Crippen LogP contribution >= 0.6 is 0 Å². The van der Waals surface area contributed by atoms with Gasteiger partial charge < -0.3 is 0 Å². The Morgan fingerprint density at radius 3 is 1.94 bits per heavy atom. The average molecular weight is 444 g/mol. The lowest BCUT2D eigenvalue weighted by atomic mass is 9.81. The van der Waals surface area contributed by atoms with Crippen LogP contribution < -0.4 is 5.01 Å². The smallest absolute Gasteiger partial charge is 0.261 e. The third kappa shape index (κ3) is 2.67. The zero-order valence-corrected chi connectivity index (χ0v) is 18.2. The molecule has 1 saturated heterocycles. The lowest BCUT2D eigenvalue weighted by Crippen LogP contribution is -2.46. The minimum absolute atomic E-state index is 0.0207. The van der Waals surface area contributed by atoms with Crippen LogP contribution in [0.4, 0.5) is 11.4 Å². The molecule has 164 valence electrons. The molecule has 4 aromatic rings. The van der Waals surface area contributed by atoms with Gasteiger partial charge in [0.1, 0.15) is 5.54 Å². The van der Waals surface area contributed by atoms with E-state index < -0.39 is 10.5 Å². The van der Waals surface area contributed by atoms with Gasteiger partial charge in [0.2, 0.25) is 6.19 Å². The summed E-state index contributed by atoms with van der Waals surface area (Å²) in [7, 11) is 0. The molecule has 0 amide bonds. The number of nitriles is 1. The fraction of sp³-hybridized carbons (Fsp3) is 0.107. The van der Waals surface area contributed by atoms with Gasteiger partial charge in [-0.1, -0.05) is 78.9 Å². The Balaban J connectivity index is 1.64. The normalized spacial score (nSPS) is 17.3. The highest BCUT2D eigenvalue weighted by Crippen LogP contribution is 2.60. The van der Waals surface area contributed by atoms with Crippen LogP contribution in [0, 0.1) is 21.6 Å². The van der Waals surface area contributed by atoms with E-state index in [1.807, 2.05) is 47.5 Å². The summed E-state index contributed by atoms with van der Waals surface area (Å²) in [6.45, 7) is 0. The zero-order chi connectivity index (χ0) is 23.3. The molecule has 6 rings (SSSR count). The van der Waals surface area contributed by atoms with Crippen molar-refractivity contribution in [3.8, 4) is 17.3 Å². The Morgan fingerprint density at radius 1 is 0.824 bits per heavy atom. The summed E-state index contributed by atoms with van der Waals surface area (Å²) >= 11 is 0. The molecule has 4 aromatic carbocycles. The number of nitro groups is 1. The van der Waals surface area contributed by atoms with Gasteiger partial charge in [-0.15, -0.1) is 0 Å². The number of nitro benzene ring substituents is 1. The van der Waals surface area contributed by atoms with E-state index in [0.717, 1.165) is 33.5 Å². The van der Waals surface area contributed by atoms with Crippen molar-refractivity contribution in [1.29, 1.82) is 5.26 Å². The molecule has 0 unspecified atom stereocenters. The van der Waals surface area contributed by atoms with Gasteiger partial charge in [-0.25, -0.2) is 5.01 Å². The van der Waals surface area contributed by atoms with Crippen LogP contribution in [0.25, 0.3) is 11.1 Å². The van der Waals surface area contributed by atoms with Crippen molar-refractivity contribution in [1.82, 2.24) is 5.01 Å². The van der Waals surface area contributed by atoms with E-state index in [2.05, 4.69) is 42.6 Å². The van der Waals surface area contributed by atoms with Crippen LogP contribution in [0.5, 0.6) is 0 Å². The molecule has 6 nitrogen and oxygen atoms in total. The summed E-state index contributed by atoms with van der Waals surface area (Å²) in [4.78, 5) is 10.9. The summed E-state index contributed by atoms with van der Waals surface area (Å²) in [6.07, 6.45) is 3.10. The van der Waals surface area contributed by atoms with E-state index in [-0.39, 0.29) is 11.7 Å². The Hall–Kier alpha value is -4.63. The van der Waals surface area contributed by atoms with E-state index in [9.17, 15) is 15.4 Å². The fourth-order valence-corrected chi connectivity index (χ4v) is 5.64. The quantitative estimate of drug-likeness (QED) is 0.215. The van der Waals surface area contributed by atoms with Crippen molar-refractivity contribution < 1.29 is 4.92 Å². The second-order valence-corrected chi connectivity index (χ2v) is 8.61. The van der Waals surface area contributed by atoms with Crippen LogP contribution in [-0.4, -0.2) is 9.93 Å². The molecular formula is C28H20N4O2. The van der Waals surface area contributed by atoms with E-state index in [4.69, 9.17) is 0 Å². The van der Waals surface area contributed by atoms with Crippen molar-refractivity contribution in [2.75, 3.05) is 5.01 Å². The van der Waals surface area contributed by atoms with Crippen LogP contribution in [0.3, 0.4) is 0 Å². The standard InChI is InChI=1S/C28H20N4O2/c29-19-30-27(20-8-2-1-3-9-20)18-28(31(30)21-14-16-22(17-15-21)32(33)34)25-12-6-4-10-23(25)24-11-5-7-13-26(24)28/h1-17,27H,18H2/t27-/m1/s1. The van der Waals surface area contributed by atoms with E-state index in [0.29, 0.717) is 6.42 Å². The van der Waals surface area contributed by atoms with Gasteiger partial charge in [-0.3, -0.25) is 15.1 Å². The number of benzene rings is 4. The van der Waals surface area contributed by atoms with Gasteiger partial charge >= 0.3 is 0 Å². The molecule has 0 saturated carbocycles. The molecule has 1 fully saturated rings. The molecule has 1 aliphatic carbocycles. The molecule has 1 heterocycles. The first-order chi connectivity index (χ1) is 16.6. The monoisotopic (exact) mass is 444 g/mol. The molecular weight excluding hydrogens is 424 g/mol. The number of non-ortho nitro benzene ring substituents is 1. The maximum absolute atomic E-state index is 11.3. The summed E-state index contributed by atoms with van der Waals surface area (Å²) in [5.74, 6) is 0. The van der Waals surface area contributed by atoms with E-state index in [1.165, 1.54) is 12.1 Å². The highest BCUT2D eigenvalue weighted by molar-refractivity contribution is 5.83. The van der Waals surface area contributed by atoms with Crippen LogP contribution in [0.15, 0.2) is 103 Å². The predicted molar refractivity (Wildman–Crippen MR) is 129 cm³/mol. The molecule has 1 aliphatic heterocycles. The third-order valence-corrected chi connectivity index (χ3v) is 6.99. The number of fused-ring (bicyclic) bond motifs is 5. The van der Waals surface area contributed by atoms with Crippen molar-refractivity contribution in [2.45, 2.75) is 18.0 Å². The van der Waals surface area contributed by atoms with Gasteiger partial charge in [0.25, 0.3) is 5.69 Å². The molecule has 0 radical (unpaired) electrons. The number of hydrazine groups is 1. The Morgan fingerprint density at radius 2 is 1.38 bits per heavy atom. The molecule has 34 heavy (non-hydrogen) atoms. The third-order valence-electron chi connectivity index (χ3n) is 6.99. The van der Waals surface area contributed by atoms with Crippen molar-refractivity contribution >= 4 is 11.4 Å². The lowest BCUT2D eigenvalue weighted by molar-refractivity contribution is -0.384. The van der Waals surface area contributed by atoms with Crippen molar-refractivity contribution in [3.63, 3.8) is 0 Å². The number of hydrogen-bond donors (Lipinski definition) is 0. The summed E-state index contributed by atoms with van der Waals surface area (Å²) in [5, 5.41) is 25.5. The molecule has 1 spiro atoms. The first-order valence-corrected chi connectivity index (χ1v) is 11.1. The molecule has 0 aromatic heterocycles. The molecule has 0 bridgehead atoms. The van der Waals surface area contributed by atoms with Gasteiger partial charge in [0, 0.05) is 18.6 Å². The minimum Gasteiger partial charge on any atom is -0.261 e. The second-order valence-electron chi connectivity index (χ2n) is 8.61. The van der Waals surface area contributed by atoms with Crippen LogP contribution in [0.1, 0.15) is 29.2 Å². The summed E-state index contributed by atoms with van der Waals surface area (Å²) in [6, 6.07) is 33.0. The lowest BCUT2D eigenvalue weighted by Gasteiger charge is -2.40. The number of rotatable bonds is 3. The summed E-state index contributed by atoms with van der Waals surface area (Å²) < 4.78 is 0. The number of hydrogen-bond acceptors (Lipinski definition) is 5. The number of nitrogens with zero attached hydrogens (tertiary/aromatic N) is 4. The average Bonchev–Trinajstić information content (AvgIpc) is 3.39. The zero-order valence-electron chi connectivity index (χ0n) is 18.2. The number of anilines is 1. The largest absolute Gasteiger partial charge is 0.269 e. The SMILES string of the molecule is N#CN1[C@@H](c2ccccc2)CC2(c3ccccc3-c3ccccc32)N1c1ccc([N+](=O)[O-])cc1. The van der Waals surface area contributed by atoms with Crippen LogP contribution in [-0.2, 0) is 5.54 Å². The fourth-order valence-electron chi connectivity index (χ4n) is 5.64. The highest BCUT2D eigenvalue weighted by atomic mass is 16.6. The molecule has 1 atom stereocenters.